The number of halogens is 3. The van der Waals surface area contributed by atoms with Gasteiger partial charge in [0.1, 0.15) is 11.5 Å². The smallest absolute Gasteiger partial charge is 0.270 e. The quantitative estimate of drug-likeness (QED) is 0.321. The Morgan fingerprint density at radius 2 is 1.97 bits per heavy atom. The molecular weight excluding hydrogens is 462 g/mol. The van der Waals surface area contributed by atoms with Gasteiger partial charge in [-0.15, -0.1) is 0 Å². The molecule has 3 heterocycles. The Morgan fingerprint density at radius 1 is 1.09 bits per heavy atom. The summed E-state index contributed by atoms with van der Waals surface area (Å²) in [5.41, 5.74) is 3.83. The molecule has 1 amide bonds. The van der Waals surface area contributed by atoms with Crippen molar-refractivity contribution in [2.75, 3.05) is 0 Å². The van der Waals surface area contributed by atoms with Gasteiger partial charge < -0.3 is 10.3 Å². The molecule has 0 spiro atoms. The topological polar surface area (TPSA) is 70.7 Å². The summed E-state index contributed by atoms with van der Waals surface area (Å²) in [5, 5.41) is 5.45. The fourth-order valence-electron chi connectivity index (χ4n) is 3.73. The zero-order valence-electron chi connectivity index (χ0n) is 17.2. The molecule has 0 saturated heterocycles. The molecule has 33 heavy (non-hydrogen) atoms. The van der Waals surface area contributed by atoms with E-state index in [0.29, 0.717) is 32.9 Å². The van der Waals surface area contributed by atoms with Gasteiger partial charge in [-0.05, 0) is 48.0 Å². The average Bonchev–Trinajstić information content (AvgIpc) is 3.16. The summed E-state index contributed by atoms with van der Waals surface area (Å²) in [4.78, 5) is 24.4. The van der Waals surface area contributed by atoms with Crippen LogP contribution in [0.25, 0.3) is 21.8 Å². The minimum absolute atomic E-state index is 0.0203. The van der Waals surface area contributed by atoms with E-state index in [1.807, 2.05) is 30.3 Å². The predicted octanol–water partition coefficient (Wildman–Crippen LogP) is 6.08. The Labute approximate surface area is 198 Å². The second-order valence-electron chi connectivity index (χ2n) is 7.68. The molecule has 0 aliphatic rings. The molecule has 0 radical (unpaired) electrons. The van der Waals surface area contributed by atoms with Crippen LogP contribution in [0.4, 0.5) is 4.39 Å². The molecule has 2 aromatic carbocycles. The fourth-order valence-corrected chi connectivity index (χ4v) is 4.11. The van der Waals surface area contributed by atoms with Crippen molar-refractivity contribution in [2.45, 2.75) is 13.0 Å². The van der Waals surface area contributed by atoms with Gasteiger partial charge in [0.25, 0.3) is 5.91 Å². The molecule has 5 aromatic rings. The van der Waals surface area contributed by atoms with Gasteiger partial charge in [-0.1, -0.05) is 35.3 Å². The number of hydrogen-bond donors (Lipinski definition) is 2. The number of H-pyrrole nitrogens is 1. The average molecular weight is 479 g/mol. The Balaban J connectivity index is 1.31. The number of hydrogen-bond acceptors (Lipinski definition) is 3. The number of rotatable bonds is 5. The van der Waals surface area contributed by atoms with Crippen LogP contribution in [0.3, 0.4) is 0 Å². The molecule has 5 nitrogen and oxygen atoms in total. The molecule has 0 saturated carbocycles. The van der Waals surface area contributed by atoms with E-state index in [4.69, 9.17) is 23.2 Å². The number of aromatic nitrogens is 3. The molecule has 0 unspecified atom stereocenters. The summed E-state index contributed by atoms with van der Waals surface area (Å²) in [5.74, 6) is -0.806. The summed E-state index contributed by atoms with van der Waals surface area (Å²) >= 11 is 12.2. The van der Waals surface area contributed by atoms with Crippen molar-refractivity contribution in [3.8, 4) is 0 Å². The van der Waals surface area contributed by atoms with Crippen LogP contribution in [-0.2, 0) is 13.0 Å². The SMILES string of the molecule is O=C(NCc1cc2c(Cl)c[nH]c2cc1F)c1cccc(Cc2ccc3ncc(Cl)cc3c2)n1. The number of nitrogens with zero attached hydrogens (tertiary/aromatic N) is 2. The molecule has 0 aliphatic carbocycles. The molecule has 2 N–H and O–H groups in total. The van der Waals surface area contributed by atoms with Crippen LogP contribution in [0.2, 0.25) is 10.0 Å². The molecular formula is C25H17Cl2FN4O. The molecule has 3 aromatic heterocycles. The monoisotopic (exact) mass is 478 g/mol. The summed E-state index contributed by atoms with van der Waals surface area (Å²) in [6, 6.07) is 16.0. The van der Waals surface area contributed by atoms with Crippen molar-refractivity contribution in [3.05, 3.63) is 105 Å². The van der Waals surface area contributed by atoms with Gasteiger partial charge in [0.15, 0.2) is 0 Å². The lowest BCUT2D eigenvalue weighted by atomic mass is 10.1. The zero-order valence-corrected chi connectivity index (χ0v) is 18.7. The standard InChI is InChI=1S/C25H17Cl2FN4O/c26-17-8-15-6-14(4-5-22(15)29-12-17)7-18-2-1-3-23(32-18)25(33)31-11-16-9-19-20(27)13-30-24(19)10-21(16)28/h1-6,8-10,12-13,30H,7,11H2,(H,31,33). The van der Waals surface area contributed by atoms with Gasteiger partial charge in [0.2, 0.25) is 0 Å². The van der Waals surface area contributed by atoms with Crippen molar-refractivity contribution in [2.24, 2.45) is 0 Å². The maximum Gasteiger partial charge on any atom is 0.270 e. The maximum absolute atomic E-state index is 14.4. The first-order chi connectivity index (χ1) is 16.0. The second kappa shape index (κ2) is 8.81. The fraction of sp³-hybridized carbons (Fsp3) is 0.0800. The van der Waals surface area contributed by atoms with E-state index in [1.165, 1.54) is 6.07 Å². The van der Waals surface area contributed by atoms with E-state index in [1.54, 1.807) is 30.6 Å². The minimum Gasteiger partial charge on any atom is -0.360 e. The number of aromatic amines is 1. The van der Waals surface area contributed by atoms with Gasteiger partial charge in [-0.25, -0.2) is 9.37 Å². The molecule has 0 atom stereocenters. The third-order valence-electron chi connectivity index (χ3n) is 5.37. The van der Waals surface area contributed by atoms with E-state index in [2.05, 4.69) is 20.3 Å². The van der Waals surface area contributed by atoms with Gasteiger partial charge in [0, 0.05) is 52.9 Å². The lowest BCUT2D eigenvalue weighted by Crippen LogP contribution is -2.24. The van der Waals surface area contributed by atoms with E-state index < -0.39 is 5.82 Å². The highest BCUT2D eigenvalue weighted by atomic mass is 35.5. The number of carbonyl (C=O) groups is 1. The number of nitrogens with one attached hydrogen (secondary N) is 2. The van der Waals surface area contributed by atoms with Gasteiger partial charge in [-0.2, -0.15) is 0 Å². The number of fused-ring (bicyclic) bond motifs is 2. The van der Waals surface area contributed by atoms with Crippen molar-refractivity contribution in [1.29, 1.82) is 0 Å². The summed E-state index contributed by atoms with van der Waals surface area (Å²) in [7, 11) is 0. The van der Waals surface area contributed by atoms with Gasteiger partial charge in [-0.3, -0.25) is 9.78 Å². The van der Waals surface area contributed by atoms with Crippen molar-refractivity contribution in [1.82, 2.24) is 20.3 Å². The summed E-state index contributed by atoms with van der Waals surface area (Å²) < 4.78 is 14.4. The third kappa shape index (κ3) is 4.53. The third-order valence-corrected chi connectivity index (χ3v) is 5.89. The summed E-state index contributed by atoms with van der Waals surface area (Å²) in [6.07, 6.45) is 3.76. The number of carbonyl (C=O) groups excluding carboxylic acids is 1. The second-order valence-corrected chi connectivity index (χ2v) is 8.52. The lowest BCUT2D eigenvalue weighted by molar-refractivity contribution is 0.0945. The van der Waals surface area contributed by atoms with Gasteiger partial charge in [0.05, 0.1) is 15.6 Å². The largest absolute Gasteiger partial charge is 0.360 e. The van der Waals surface area contributed by atoms with Crippen molar-refractivity contribution < 1.29 is 9.18 Å². The maximum atomic E-state index is 14.4. The Kier molecular flexibility index (Phi) is 5.70. The van der Waals surface area contributed by atoms with Crippen LogP contribution in [0.5, 0.6) is 0 Å². The van der Waals surface area contributed by atoms with Crippen LogP contribution in [0.1, 0.15) is 27.3 Å². The molecule has 164 valence electrons. The Bertz CT molecular complexity index is 1520. The number of pyridine rings is 2. The predicted molar refractivity (Wildman–Crippen MR) is 128 cm³/mol. The zero-order chi connectivity index (χ0) is 22.9. The summed E-state index contributed by atoms with van der Waals surface area (Å²) in [6.45, 7) is 0.0203. The van der Waals surface area contributed by atoms with Gasteiger partial charge >= 0.3 is 0 Å². The first-order valence-electron chi connectivity index (χ1n) is 10.2. The van der Waals surface area contributed by atoms with Crippen LogP contribution >= 0.6 is 23.2 Å². The molecule has 5 rings (SSSR count). The minimum atomic E-state index is -0.422. The van der Waals surface area contributed by atoms with Crippen molar-refractivity contribution in [3.63, 3.8) is 0 Å². The highest BCUT2D eigenvalue weighted by Crippen LogP contribution is 2.26. The number of amides is 1. The molecule has 0 fully saturated rings. The highest BCUT2D eigenvalue weighted by Gasteiger charge is 2.12. The van der Waals surface area contributed by atoms with Crippen molar-refractivity contribution >= 4 is 50.9 Å². The normalized spacial score (nSPS) is 11.2. The highest BCUT2D eigenvalue weighted by molar-refractivity contribution is 6.35. The molecule has 0 aliphatic heterocycles. The van der Waals surface area contributed by atoms with E-state index in [0.717, 1.165) is 22.2 Å². The van der Waals surface area contributed by atoms with E-state index in [9.17, 15) is 9.18 Å². The van der Waals surface area contributed by atoms with Crippen LogP contribution in [-0.4, -0.2) is 20.9 Å². The van der Waals surface area contributed by atoms with E-state index >= 15 is 0 Å². The Hall–Kier alpha value is -3.48. The van der Waals surface area contributed by atoms with E-state index in [-0.39, 0.29) is 18.1 Å². The molecule has 8 heteroatoms. The lowest BCUT2D eigenvalue weighted by Gasteiger charge is -2.08. The van der Waals surface area contributed by atoms with Crippen LogP contribution in [0, 0.1) is 5.82 Å². The van der Waals surface area contributed by atoms with Crippen LogP contribution in [0.15, 0.2) is 67.0 Å². The molecule has 0 bridgehead atoms. The first kappa shape index (κ1) is 21.4. The number of benzene rings is 2. The Morgan fingerprint density at radius 3 is 2.85 bits per heavy atom. The first-order valence-corrected chi connectivity index (χ1v) is 11.0. The van der Waals surface area contributed by atoms with Crippen LogP contribution < -0.4 is 5.32 Å².